The SMILES string of the molecule is O=C(NCCc1c[nH]c2ccccc12)NC1(c2ccccc2)CC1. The highest BCUT2D eigenvalue weighted by molar-refractivity contribution is 5.83. The second kappa shape index (κ2) is 6.04. The van der Waals surface area contributed by atoms with Gasteiger partial charge in [-0.1, -0.05) is 48.5 Å². The largest absolute Gasteiger partial charge is 0.361 e. The molecule has 1 saturated carbocycles. The zero-order valence-electron chi connectivity index (χ0n) is 13.5. The molecule has 0 unspecified atom stereocenters. The second-order valence-electron chi connectivity index (χ2n) is 6.44. The normalized spacial score (nSPS) is 15.2. The molecule has 1 aliphatic rings. The zero-order chi connectivity index (χ0) is 16.4. The molecule has 2 aromatic carbocycles. The van der Waals surface area contributed by atoms with Crippen LogP contribution in [0.5, 0.6) is 0 Å². The lowest BCUT2D eigenvalue weighted by Crippen LogP contribution is -2.42. The van der Waals surface area contributed by atoms with Crippen molar-refractivity contribution in [2.45, 2.75) is 24.8 Å². The minimum absolute atomic E-state index is 0.0869. The first-order valence-corrected chi connectivity index (χ1v) is 8.43. The van der Waals surface area contributed by atoms with Gasteiger partial charge in [0.2, 0.25) is 0 Å². The molecule has 3 N–H and O–H groups in total. The van der Waals surface area contributed by atoms with E-state index in [1.807, 2.05) is 36.5 Å². The Kier molecular flexibility index (Phi) is 3.73. The fraction of sp³-hybridized carbons (Fsp3) is 0.250. The topological polar surface area (TPSA) is 56.9 Å². The fourth-order valence-corrected chi connectivity index (χ4v) is 3.28. The van der Waals surface area contributed by atoms with E-state index < -0.39 is 0 Å². The van der Waals surface area contributed by atoms with Gasteiger partial charge in [0.15, 0.2) is 0 Å². The van der Waals surface area contributed by atoms with Gasteiger partial charge in [-0.25, -0.2) is 4.79 Å². The molecule has 1 heterocycles. The highest BCUT2D eigenvalue weighted by atomic mass is 16.2. The van der Waals surface area contributed by atoms with E-state index in [-0.39, 0.29) is 11.6 Å². The van der Waals surface area contributed by atoms with E-state index in [9.17, 15) is 4.79 Å². The molecule has 3 aromatic rings. The lowest BCUT2D eigenvalue weighted by atomic mass is 10.1. The first-order valence-electron chi connectivity index (χ1n) is 8.43. The molecule has 0 bridgehead atoms. The number of hydrogen-bond donors (Lipinski definition) is 3. The summed E-state index contributed by atoms with van der Waals surface area (Å²) in [4.78, 5) is 15.5. The minimum Gasteiger partial charge on any atom is -0.361 e. The van der Waals surface area contributed by atoms with E-state index >= 15 is 0 Å². The average Bonchev–Trinajstić information content (AvgIpc) is 3.28. The number of H-pyrrole nitrogens is 1. The molecule has 0 aliphatic heterocycles. The Morgan fingerprint density at radius 1 is 1.04 bits per heavy atom. The van der Waals surface area contributed by atoms with Crippen LogP contribution in [-0.4, -0.2) is 17.6 Å². The molecule has 24 heavy (non-hydrogen) atoms. The third kappa shape index (κ3) is 2.87. The van der Waals surface area contributed by atoms with E-state index in [1.165, 1.54) is 16.5 Å². The number of aromatic nitrogens is 1. The van der Waals surface area contributed by atoms with Gasteiger partial charge in [-0.2, -0.15) is 0 Å². The van der Waals surface area contributed by atoms with Crippen LogP contribution in [0.15, 0.2) is 60.8 Å². The number of carbonyl (C=O) groups excluding carboxylic acids is 1. The lowest BCUT2D eigenvalue weighted by Gasteiger charge is -2.18. The third-order valence-corrected chi connectivity index (χ3v) is 4.78. The maximum Gasteiger partial charge on any atom is 0.315 e. The van der Waals surface area contributed by atoms with Crippen LogP contribution in [-0.2, 0) is 12.0 Å². The predicted molar refractivity (Wildman–Crippen MR) is 95.9 cm³/mol. The predicted octanol–water partition coefficient (Wildman–Crippen LogP) is 3.70. The molecule has 0 saturated heterocycles. The van der Waals surface area contributed by atoms with Crippen molar-refractivity contribution in [3.05, 3.63) is 71.9 Å². The van der Waals surface area contributed by atoms with Crippen molar-refractivity contribution < 1.29 is 4.79 Å². The molecule has 4 nitrogen and oxygen atoms in total. The smallest absolute Gasteiger partial charge is 0.315 e. The summed E-state index contributed by atoms with van der Waals surface area (Å²) in [6, 6.07) is 18.3. The summed E-state index contributed by atoms with van der Waals surface area (Å²) in [6.07, 6.45) is 4.85. The van der Waals surface area contributed by atoms with Gasteiger partial charge in [0.25, 0.3) is 0 Å². The van der Waals surface area contributed by atoms with Crippen LogP contribution in [0.1, 0.15) is 24.0 Å². The average molecular weight is 319 g/mol. The molecule has 0 atom stereocenters. The van der Waals surface area contributed by atoms with Crippen molar-refractivity contribution in [2.24, 2.45) is 0 Å². The van der Waals surface area contributed by atoms with Crippen LogP contribution < -0.4 is 10.6 Å². The highest BCUT2D eigenvalue weighted by Gasteiger charge is 2.45. The number of nitrogens with one attached hydrogen (secondary N) is 3. The van der Waals surface area contributed by atoms with Crippen LogP contribution >= 0.6 is 0 Å². The molecule has 122 valence electrons. The molecule has 4 heteroatoms. The van der Waals surface area contributed by atoms with Crippen molar-refractivity contribution >= 4 is 16.9 Å². The molecule has 4 rings (SSSR count). The Morgan fingerprint density at radius 3 is 2.58 bits per heavy atom. The van der Waals surface area contributed by atoms with Gasteiger partial charge in [-0.15, -0.1) is 0 Å². The summed E-state index contributed by atoms with van der Waals surface area (Å²) >= 11 is 0. The first-order chi connectivity index (χ1) is 11.8. The van der Waals surface area contributed by atoms with Crippen molar-refractivity contribution in [3.63, 3.8) is 0 Å². The quantitative estimate of drug-likeness (QED) is 0.660. The van der Waals surface area contributed by atoms with Crippen LogP contribution in [0.25, 0.3) is 10.9 Å². The summed E-state index contributed by atoms with van der Waals surface area (Å²) in [6.45, 7) is 0.624. The number of amides is 2. The number of rotatable bonds is 5. The summed E-state index contributed by atoms with van der Waals surface area (Å²) in [5.41, 5.74) is 3.40. The number of hydrogen-bond acceptors (Lipinski definition) is 1. The van der Waals surface area contributed by atoms with Crippen molar-refractivity contribution in [1.29, 1.82) is 0 Å². The van der Waals surface area contributed by atoms with Crippen LogP contribution in [0.3, 0.4) is 0 Å². The molecule has 1 fully saturated rings. The van der Waals surface area contributed by atoms with Gasteiger partial charge in [0.05, 0.1) is 5.54 Å². The Hall–Kier alpha value is -2.75. The molecular weight excluding hydrogens is 298 g/mol. The third-order valence-electron chi connectivity index (χ3n) is 4.78. The van der Waals surface area contributed by atoms with Crippen molar-refractivity contribution in [3.8, 4) is 0 Å². The fourth-order valence-electron chi connectivity index (χ4n) is 3.28. The Labute approximate surface area is 141 Å². The maximum atomic E-state index is 12.2. The van der Waals surface area contributed by atoms with Crippen molar-refractivity contribution in [2.75, 3.05) is 6.54 Å². The number of benzene rings is 2. The Bertz CT molecular complexity index is 849. The van der Waals surface area contributed by atoms with Crippen molar-refractivity contribution in [1.82, 2.24) is 15.6 Å². The second-order valence-corrected chi connectivity index (χ2v) is 6.44. The number of carbonyl (C=O) groups is 1. The standard InChI is InChI=1S/C20H21N3O/c24-19(23-20(11-12-20)16-6-2-1-3-7-16)21-13-10-15-14-22-18-9-5-4-8-17(15)18/h1-9,14,22H,10-13H2,(H2,21,23,24). The van der Waals surface area contributed by atoms with Gasteiger partial charge in [0, 0.05) is 23.6 Å². The van der Waals surface area contributed by atoms with E-state index in [1.54, 1.807) is 0 Å². The molecule has 0 radical (unpaired) electrons. The van der Waals surface area contributed by atoms with E-state index in [0.717, 1.165) is 24.8 Å². The summed E-state index contributed by atoms with van der Waals surface area (Å²) in [5.74, 6) is 0. The van der Waals surface area contributed by atoms with E-state index in [0.29, 0.717) is 6.54 Å². The first kappa shape index (κ1) is 14.8. The number of aromatic amines is 1. The molecule has 1 aromatic heterocycles. The molecular formula is C20H21N3O. The van der Waals surface area contributed by atoms with Gasteiger partial charge in [-0.05, 0) is 36.5 Å². The van der Waals surface area contributed by atoms with E-state index in [2.05, 4.69) is 39.9 Å². The summed E-state index contributed by atoms with van der Waals surface area (Å²) in [7, 11) is 0. The van der Waals surface area contributed by atoms with Crippen LogP contribution in [0, 0.1) is 0 Å². The molecule has 2 amide bonds. The maximum absolute atomic E-state index is 12.2. The van der Waals surface area contributed by atoms with Gasteiger partial charge in [-0.3, -0.25) is 0 Å². The number of urea groups is 1. The summed E-state index contributed by atoms with van der Waals surface area (Å²) in [5, 5.41) is 7.36. The van der Waals surface area contributed by atoms with Gasteiger partial charge < -0.3 is 15.6 Å². The minimum atomic E-state index is -0.161. The zero-order valence-corrected chi connectivity index (χ0v) is 13.5. The van der Waals surface area contributed by atoms with Crippen LogP contribution in [0.4, 0.5) is 4.79 Å². The Morgan fingerprint density at radius 2 is 1.79 bits per heavy atom. The highest BCUT2D eigenvalue weighted by Crippen LogP contribution is 2.45. The number of para-hydroxylation sites is 1. The van der Waals surface area contributed by atoms with Crippen LogP contribution in [0.2, 0.25) is 0 Å². The lowest BCUT2D eigenvalue weighted by molar-refractivity contribution is 0.236. The van der Waals surface area contributed by atoms with E-state index in [4.69, 9.17) is 0 Å². The number of fused-ring (bicyclic) bond motifs is 1. The molecule has 0 spiro atoms. The van der Waals surface area contributed by atoms with Gasteiger partial charge in [0.1, 0.15) is 0 Å². The monoisotopic (exact) mass is 319 g/mol. The van der Waals surface area contributed by atoms with Gasteiger partial charge >= 0.3 is 6.03 Å². The Balaban J connectivity index is 1.33. The summed E-state index contributed by atoms with van der Waals surface area (Å²) < 4.78 is 0. The molecule has 1 aliphatic carbocycles.